The van der Waals surface area contributed by atoms with E-state index in [0.29, 0.717) is 11.2 Å². The molecule has 1 nitrogen and oxygen atoms in total. The molecule has 1 saturated heterocycles. The molecule has 0 aromatic heterocycles. The second-order valence-electron chi connectivity index (χ2n) is 3.41. The Labute approximate surface area is 67.2 Å². The molecule has 1 heterocycles. The maximum atomic E-state index is 10.0. The summed E-state index contributed by atoms with van der Waals surface area (Å²) in [5.74, 6) is 1.52. The van der Waals surface area contributed by atoms with Gasteiger partial charge < -0.3 is 5.11 Å². The van der Waals surface area contributed by atoms with Gasteiger partial charge in [-0.25, -0.2) is 0 Å². The number of aliphatic hydroxyl groups is 1. The molecule has 10 heavy (non-hydrogen) atoms. The van der Waals surface area contributed by atoms with E-state index < -0.39 is 0 Å². The van der Waals surface area contributed by atoms with Crippen LogP contribution >= 0.6 is 11.8 Å². The molecule has 0 aromatic rings. The van der Waals surface area contributed by atoms with Crippen molar-refractivity contribution in [2.75, 3.05) is 5.75 Å². The predicted octanol–water partition coefficient (Wildman–Crippen LogP) is 1.90. The maximum absolute atomic E-state index is 10.0. The first-order chi connectivity index (χ1) is 4.57. The first kappa shape index (κ1) is 8.41. The molecule has 0 aliphatic carbocycles. The lowest BCUT2D eigenvalue weighted by Gasteiger charge is -2.30. The molecular weight excluding hydrogens is 144 g/mol. The summed E-state index contributed by atoms with van der Waals surface area (Å²) in [6, 6.07) is 0. The van der Waals surface area contributed by atoms with E-state index in [-0.39, 0.29) is 5.60 Å². The topological polar surface area (TPSA) is 20.2 Å². The van der Waals surface area contributed by atoms with Crippen LogP contribution in [0.25, 0.3) is 0 Å². The quantitative estimate of drug-likeness (QED) is 0.632. The van der Waals surface area contributed by atoms with Crippen molar-refractivity contribution in [2.45, 2.75) is 38.0 Å². The van der Waals surface area contributed by atoms with Crippen molar-refractivity contribution in [3.05, 3.63) is 0 Å². The highest BCUT2D eigenvalue weighted by atomic mass is 32.2. The Balaban J connectivity index is 2.66. The van der Waals surface area contributed by atoms with Gasteiger partial charge in [0.25, 0.3) is 0 Å². The summed E-state index contributed by atoms with van der Waals surface area (Å²) in [6.45, 7) is 6.32. The minimum Gasteiger partial charge on any atom is -0.388 e. The van der Waals surface area contributed by atoms with Crippen LogP contribution in [0, 0.1) is 5.92 Å². The Hall–Kier alpha value is 0.310. The SMILES string of the molecule is CC(C)C1(O)CCSC1C. The van der Waals surface area contributed by atoms with Crippen LogP contribution in [-0.4, -0.2) is 21.7 Å². The molecule has 0 saturated carbocycles. The zero-order valence-corrected chi connectivity index (χ0v) is 7.74. The largest absolute Gasteiger partial charge is 0.388 e. The van der Waals surface area contributed by atoms with E-state index in [1.54, 1.807) is 0 Å². The van der Waals surface area contributed by atoms with Crippen LogP contribution in [0.1, 0.15) is 27.2 Å². The molecule has 1 aliphatic rings. The normalized spacial score (nSPS) is 41.1. The van der Waals surface area contributed by atoms with Gasteiger partial charge in [-0.2, -0.15) is 11.8 Å². The van der Waals surface area contributed by atoms with Crippen molar-refractivity contribution in [1.82, 2.24) is 0 Å². The molecule has 60 valence electrons. The lowest BCUT2D eigenvalue weighted by molar-refractivity contribution is 0.000754. The lowest BCUT2D eigenvalue weighted by Crippen LogP contribution is -2.39. The molecule has 0 bridgehead atoms. The zero-order chi connectivity index (χ0) is 7.78. The minimum absolute atomic E-state index is 0.384. The molecule has 0 amide bonds. The Morgan fingerprint density at radius 3 is 2.40 bits per heavy atom. The van der Waals surface area contributed by atoms with Gasteiger partial charge >= 0.3 is 0 Å². The number of hydrogen-bond acceptors (Lipinski definition) is 2. The van der Waals surface area contributed by atoms with Crippen LogP contribution in [0.4, 0.5) is 0 Å². The zero-order valence-electron chi connectivity index (χ0n) is 6.92. The second kappa shape index (κ2) is 2.74. The molecule has 2 unspecified atom stereocenters. The third-order valence-corrected chi connectivity index (χ3v) is 3.92. The molecule has 0 aromatic carbocycles. The Kier molecular flexibility index (Phi) is 2.31. The highest BCUT2D eigenvalue weighted by molar-refractivity contribution is 8.00. The van der Waals surface area contributed by atoms with E-state index in [1.807, 2.05) is 11.8 Å². The van der Waals surface area contributed by atoms with Crippen LogP contribution in [-0.2, 0) is 0 Å². The van der Waals surface area contributed by atoms with E-state index in [1.165, 1.54) is 0 Å². The summed E-state index contributed by atoms with van der Waals surface area (Å²) < 4.78 is 0. The van der Waals surface area contributed by atoms with E-state index >= 15 is 0 Å². The van der Waals surface area contributed by atoms with Gasteiger partial charge in [0.2, 0.25) is 0 Å². The highest BCUT2D eigenvalue weighted by Gasteiger charge is 2.41. The minimum atomic E-state index is -0.384. The van der Waals surface area contributed by atoms with E-state index in [4.69, 9.17) is 0 Å². The van der Waals surface area contributed by atoms with Gasteiger partial charge in [0.1, 0.15) is 0 Å². The summed E-state index contributed by atoms with van der Waals surface area (Å²) in [4.78, 5) is 0. The fraction of sp³-hybridized carbons (Fsp3) is 1.00. The Bertz CT molecular complexity index is 124. The third-order valence-electron chi connectivity index (χ3n) is 2.57. The smallest absolute Gasteiger partial charge is 0.0793 e. The van der Waals surface area contributed by atoms with Crippen LogP contribution in [0.15, 0.2) is 0 Å². The fourth-order valence-corrected chi connectivity index (χ4v) is 2.98. The summed E-state index contributed by atoms with van der Waals surface area (Å²) in [5, 5.41) is 10.4. The highest BCUT2D eigenvalue weighted by Crippen LogP contribution is 2.40. The molecular formula is C8H16OS. The number of thioether (sulfide) groups is 1. The average Bonchev–Trinajstić information content (AvgIpc) is 2.15. The van der Waals surface area contributed by atoms with Gasteiger partial charge in [0, 0.05) is 5.25 Å². The van der Waals surface area contributed by atoms with Gasteiger partial charge in [0.05, 0.1) is 5.60 Å². The number of rotatable bonds is 1. The van der Waals surface area contributed by atoms with Crippen molar-refractivity contribution in [3.8, 4) is 0 Å². The summed E-state index contributed by atoms with van der Waals surface area (Å²) in [5.41, 5.74) is -0.384. The number of hydrogen-bond donors (Lipinski definition) is 1. The molecule has 2 heteroatoms. The standard InChI is InChI=1S/C8H16OS/c1-6(2)8(9)4-5-10-7(8)3/h6-7,9H,4-5H2,1-3H3. The summed E-state index contributed by atoms with van der Waals surface area (Å²) >= 11 is 1.88. The maximum Gasteiger partial charge on any atom is 0.0793 e. The molecule has 2 atom stereocenters. The summed E-state index contributed by atoms with van der Waals surface area (Å²) in [6.07, 6.45) is 0.969. The lowest BCUT2D eigenvalue weighted by atomic mass is 9.85. The molecule has 1 fully saturated rings. The van der Waals surface area contributed by atoms with Gasteiger partial charge in [-0.15, -0.1) is 0 Å². The fourth-order valence-electron chi connectivity index (χ4n) is 1.50. The van der Waals surface area contributed by atoms with Crippen LogP contribution in [0.5, 0.6) is 0 Å². The molecule has 1 N–H and O–H groups in total. The van der Waals surface area contributed by atoms with Gasteiger partial charge in [-0.1, -0.05) is 20.8 Å². The van der Waals surface area contributed by atoms with E-state index in [9.17, 15) is 5.11 Å². The monoisotopic (exact) mass is 160 g/mol. The van der Waals surface area contributed by atoms with Crippen LogP contribution in [0.3, 0.4) is 0 Å². The van der Waals surface area contributed by atoms with Crippen molar-refractivity contribution in [3.63, 3.8) is 0 Å². The predicted molar refractivity (Wildman–Crippen MR) is 46.3 cm³/mol. The molecule has 1 rings (SSSR count). The first-order valence-electron chi connectivity index (χ1n) is 3.91. The molecule has 0 radical (unpaired) electrons. The molecule has 1 aliphatic heterocycles. The van der Waals surface area contributed by atoms with Gasteiger partial charge in [-0.05, 0) is 18.1 Å². The van der Waals surface area contributed by atoms with Crippen molar-refractivity contribution >= 4 is 11.8 Å². The summed E-state index contributed by atoms with van der Waals surface area (Å²) in [7, 11) is 0. The van der Waals surface area contributed by atoms with Crippen molar-refractivity contribution in [1.29, 1.82) is 0 Å². The van der Waals surface area contributed by atoms with Crippen molar-refractivity contribution < 1.29 is 5.11 Å². The Morgan fingerprint density at radius 1 is 1.60 bits per heavy atom. The van der Waals surface area contributed by atoms with Gasteiger partial charge in [0.15, 0.2) is 0 Å². The third kappa shape index (κ3) is 1.19. The van der Waals surface area contributed by atoms with E-state index in [2.05, 4.69) is 20.8 Å². The second-order valence-corrected chi connectivity index (χ2v) is 4.86. The molecule has 0 spiro atoms. The van der Waals surface area contributed by atoms with Crippen LogP contribution in [0.2, 0.25) is 0 Å². The van der Waals surface area contributed by atoms with Crippen LogP contribution < -0.4 is 0 Å². The van der Waals surface area contributed by atoms with Crippen molar-refractivity contribution in [2.24, 2.45) is 5.92 Å². The van der Waals surface area contributed by atoms with Gasteiger partial charge in [-0.3, -0.25) is 0 Å². The van der Waals surface area contributed by atoms with E-state index in [0.717, 1.165) is 12.2 Å². The average molecular weight is 160 g/mol. The Morgan fingerprint density at radius 2 is 2.20 bits per heavy atom. The first-order valence-corrected chi connectivity index (χ1v) is 4.96.